The average molecular weight is 376 g/mol. The molecule has 2 aromatic carbocycles. The van der Waals surface area contributed by atoms with Gasteiger partial charge < -0.3 is 4.74 Å². The molecule has 2 aromatic rings. The third-order valence-electron chi connectivity index (χ3n) is 3.41. The molecule has 0 heterocycles. The number of carbonyl (C=O) groups excluding carboxylic acids is 1. The van der Waals surface area contributed by atoms with Crippen LogP contribution in [0.15, 0.2) is 47.6 Å². The van der Waals surface area contributed by atoms with Crippen molar-refractivity contribution in [2.24, 2.45) is 5.10 Å². The fraction of sp³-hybridized carbons (Fsp3) is 0.222. The van der Waals surface area contributed by atoms with E-state index < -0.39 is 10.8 Å². The van der Waals surface area contributed by atoms with Crippen LogP contribution in [0.5, 0.6) is 5.75 Å². The van der Waals surface area contributed by atoms with Gasteiger partial charge in [-0.05, 0) is 36.2 Å². The third-order valence-corrected chi connectivity index (χ3v) is 3.65. The number of hydrazone groups is 1. The van der Waals surface area contributed by atoms with Crippen LogP contribution in [0.2, 0.25) is 5.02 Å². The number of amides is 1. The van der Waals surface area contributed by atoms with Gasteiger partial charge in [0.2, 0.25) is 0 Å². The first-order valence-electron chi connectivity index (χ1n) is 7.97. The third kappa shape index (κ3) is 5.86. The van der Waals surface area contributed by atoms with Gasteiger partial charge in [0.05, 0.1) is 16.7 Å². The van der Waals surface area contributed by atoms with Crippen LogP contribution in [0.3, 0.4) is 0 Å². The van der Waals surface area contributed by atoms with Crippen LogP contribution >= 0.6 is 11.6 Å². The topological polar surface area (TPSA) is 93.8 Å². The second kappa shape index (κ2) is 9.53. The predicted octanol–water partition coefficient (Wildman–Crippen LogP) is 3.73. The summed E-state index contributed by atoms with van der Waals surface area (Å²) < 4.78 is 5.37. The monoisotopic (exact) mass is 375 g/mol. The molecule has 0 bridgehead atoms. The van der Waals surface area contributed by atoms with Crippen molar-refractivity contribution in [3.8, 4) is 5.75 Å². The largest absolute Gasteiger partial charge is 0.484 e. The van der Waals surface area contributed by atoms with Gasteiger partial charge in [-0.25, -0.2) is 5.43 Å². The number of benzene rings is 2. The lowest BCUT2D eigenvalue weighted by atomic mass is 10.1. The summed E-state index contributed by atoms with van der Waals surface area (Å²) in [5.74, 6) is 0.0954. The van der Waals surface area contributed by atoms with Gasteiger partial charge in [0.15, 0.2) is 6.61 Å². The average Bonchev–Trinajstić information content (AvgIpc) is 2.61. The summed E-state index contributed by atoms with van der Waals surface area (Å²) in [7, 11) is 0. The maximum Gasteiger partial charge on any atom is 0.278 e. The zero-order valence-electron chi connectivity index (χ0n) is 14.1. The number of nitro benzene ring substituents is 1. The van der Waals surface area contributed by atoms with Crippen molar-refractivity contribution < 1.29 is 14.5 Å². The van der Waals surface area contributed by atoms with Crippen molar-refractivity contribution in [2.75, 3.05) is 6.61 Å². The van der Waals surface area contributed by atoms with Crippen LogP contribution in [-0.2, 0) is 11.2 Å². The number of ether oxygens (including phenoxy) is 1. The molecule has 26 heavy (non-hydrogen) atoms. The molecule has 8 heteroatoms. The van der Waals surface area contributed by atoms with Gasteiger partial charge in [0.1, 0.15) is 5.75 Å². The lowest BCUT2D eigenvalue weighted by molar-refractivity contribution is -0.385. The van der Waals surface area contributed by atoms with Gasteiger partial charge in [0.25, 0.3) is 11.6 Å². The van der Waals surface area contributed by atoms with E-state index in [1.54, 1.807) is 12.1 Å². The Bertz CT molecular complexity index is 807. The lowest BCUT2D eigenvalue weighted by Gasteiger charge is -2.06. The highest BCUT2D eigenvalue weighted by atomic mass is 35.5. The van der Waals surface area contributed by atoms with Crippen LogP contribution in [0.25, 0.3) is 0 Å². The SMILES string of the molecule is CCCc1ccc(OCC(=O)N/N=C\c2cc(Cl)ccc2[N+](=O)[O-])cc1. The minimum atomic E-state index is -0.551. The van der Waals surface area contributed by atoms with Gasteiger partial charge >= 0.3 is 0 Å². The highest BCUT2D eigenvalue weighted by Crippen LogP contribution is 2.21. The Hall–Kier alpha value is -2.93. The summed E-state index contributed by atoms with van der Waals surface area (Å²) >= 11 is 5.82. The van der Waals surface area contributed by atoms with Crippen LogP contribution in [0, 0.1) is 10.1 Å². The zero-order valence-corrected chi connectivity index (χ0v) is 14.9. The molecule has 7 nitrogen and oxygen atoms in total. The molecule has 0 radical (unpaired) electrons. The Morgan fingerprint density at radius 1 is 1.31 bits per heavy atom. The number of hydrogen-bond acceptors (Lipinski definition) is 5. The molecule has 0 saturated carbocycles. The van der Waals surface area contributed by atoms with Crippen molar-refractivity contribution in [3.63, 3.8) is 0 Å². The van der Waals surface area contributed by atoms with E-state index in [0.717, 1.165) is 12.8 Å². The quantitative estimate of drug-likeness (QED) is 0.432. The van der Waals surface area contributed by atoms with E-state index in [-0.39, 0.29) is 17.9 Å². The number of nitro groups is 1. The molecule has 1 amide bonds. The molecular formula is C18H18ClN3O4. The fourth-order valence-corrected chi connectivity index (χ4v) is 2.37. The summed E-state index contributed by atoms with van der Waals surface area (Å²) in [5.41, 5.74) is 3.50. The predicted molar refractivity (Wildman–Crippen MR) is 99.8 cm³/mol. The number of rotatable bonds is 8. The van der Waals surface area contributed by atoms with Gasteiger partial charge in [-0.1, -0.05) is 37.1 Å². The van der Waals surface area contributed by atoms with Crippen LogP contribution in [-0.4, -0.2) is 23.7 Å². The fourth-order valence-electron chi connectivity index (χ4n) is 2.19. The highest BCUT2D eigenvalue weighted by molar-refractivity contribution is 6.31. The molecular weight excluding hydrogens is 358 g/mol. The van der Waals surface area contributed by atoms with E-state index in [1.807, 2.05) is 12.1 Å². The van der Waals surface area contributed by atoms with E-state index >= 15 is 0 Å². The lowest BCUT2D eigenvalue weighted by Crippen LogP contribution is -2.24. The van der Waals surface area contributed by atoms with E-state index in [9.17, 15) is 14.9 Å². The summed E-state index contributed by atoms with van der Waals surface area (Å²) in [5, 5.41) is 15.0. The van der Waals surface area contributed by atoms with Crippen LogP contribution in [0.4, 0.5) is 5.69 Å². The van der Waals surface area contributed by atoms with Gasteiger partial charge in [-0.15, -0.1) is 0 Å². The second-order valence-electron chi connectivity index (χ2n) is 5.44. The maximum atomic E-state index is 11.8. The second-order valence-corrected chi connectivity index (χ2v) is 5.87. The Balaban J connectivity index is 1.88. The van der Waals surface area contributed by atoms with Crippen molar-refractivity contribution in [3.05, 3.63) is 68.7 Å². The number of hydrogen-bond donors (Lipinski definition) is 1. The molecule has 0 atom stereocenters. The molecule has 0 aromatic heterocycles. The van der Waals surface area contributed by atoms with Crippen LogP contribution < -0.4 is 10.2 Å². The molecule has 0 aliphatic rings. The Morgan fingerprint density at radius 2 is 2.04 bits per heavy atom. The van der Waals surface area contributed by atoms with Crippen molar-refractivity contribution in [2.45, 2.75) is 19.8 Å². The first-order chi connectivity index (χ1) is 12.5. The Kier molecular flexibility index (Phi) is 7.11. The summed E-state index contributed by atoms with van der Waals surface area (Å²) in [6.07, 6.45) is 3.22. The minimum Gasteiger partial charge on any atom is -0.484 e. The molecule has 2 rings (SSSR count). The number of nitrogens with zero attached hydrogens (tertiary/aromatic N) is 2. The molecule has 0 aliphatic carbocycles. The zero-order chi connectivity index (χ0) is 18.9. The summed E-state index contributed by atoms with van der Waals surface area (Å²) in [6.45, 7) is 1.88. The van der Waals surface area contributed by atoms with E-state index in [1.165, 1.54) is 30.0 Å². The number of halogens is 1. The number of carbonyl (C=O) groups is 1. The molecule has 0 fully saturated rings. The van der Waals surface area contributed by atoms with Gasteiger partial charge in [0, 0.05) is 11.1 Å². The smallest absolute Gasteiger partial charge is 0.278 e. The maximum absolute atomic E-state index is 11.8. The van der Waals surface area contributed by atoms with Gasteiger partial charge in [-0.2, -0.15) is 5.10 Å². The van der Waals surface area contributed by atoms with Crippen molar-refractivity contribution >= 4 is 29.4 Å². The minimum absolute atomic E-state index is 0.157. The van der Waals surface area contributed by atoms with E-state index in [2.05, 4.69) is 17.5 Å². The molecule has 1 N–H and O–H groups in total. The van der Waals surface area contributed by atoms with E-state index in [4.69, 9.17) is 16.3 Å². The Labute approximate surface area is 155 Å². The molecule has 0 spiro atoms. The summed E-state index contributed by atoms with van der Waals surface area (Å²) in [4.78, 5) is 22.1. The molecule has 136 valence electrons. The molecule has 0 saturated heterocycles. The Morgan fingerprint density at radius 3 is 2.69 bits per heavy atom. The summed E-state index contributed by atoms with van der Waals surface area (Å²) in [6, 6.07) is 11.6. The normalized spacial score (nSPS) is 10.7. The first-order valence-corrected chi connectivity index (χ1v) is 8.35. The highest BCUT2D eigenvalue weighted by Gasteiger charge is 2.12. The van der Waals surface area contributed by atoms with Gasteiger partial charge in [-0.3, -0.25) is 14.9 Å². The van der Waals surface area contributed by atoms with Crippen LogP contribution in [0.1, 0.15) is 24.5 Å². The molecule has 0 unspecified atom stereocenters. The van der Waals surface area contributed by atoms with Crippen molar-refractivity contribution in [1.29, 1.82) is 0 Å². The number of nitrogens with one attached hydrogen (secondary N) is 1. The number of aryl methyl sites for hydroxylation is 1. The van der Waals surface area contributed by atoms with E-state index in [0.29, 0.717) is 10.8 Å². The van der Waals surface area contributed by atoms with Crippen molar-refractivity contribution in [1.82, 2.24) is 5.43 Å². The standard InChI is InChI=1S/C18H18ClN3O4/c1-2-3-13-4-7-16(8-5-13)26-12-18(23)21-20-11-14-10-15(19)6-9-17(14)22(24)25/h4-11H,2-3,12H2,1H3,(H,21,23)/b20-11-. The first kappa shape index (κ1) is 19.4. The molecule has 0 aliphatic heterocycles.